The monoisotopic (exact) mass is 446 g/mol. The van der Waals surface area contributed by atoms with Gasteiger partial charge >= 0.3 is 0 Å². The lowest BCUT2D eigenvalue weighted by Crippen LogP contribution is -2.41. The molecule has 3 nitrogen and oxygen atoms in total. The zero-order valence-corrected chi connectivity index (χ0v) is 23.2. The van der Waals surface area contributed by atoms with Crippen molar-refractivity contribution < 1.29 is 13.6 Å². The van der Waals surface area contributed by atoms with Crippen molar-refractivity contribution in [3.05, 3.63) is 11.6 Å². The molecule has 0 aromatic rings. The first kappa shape index (κ1) is 28.1. The van der Waals surface area contributed by atoms with E-state index < -0.39 is 16.6 Å². The van der Waals surface area contributed by atoms with Crippen LogP contribution >= 0.6 is 11.8 Å². The summed E-state index contributed by atoms with van der Waals surface area (Å²) in [5, 5.41) is 0.227. The first-order chi connectivity index (χ1) is 12.9. The van der Waals surface area contributed by atoms with E-state index in [4.69, 9.17) is 8.85 Å². The Morgan fingerprint density at radius 2 is 1.46 bits per heavy atom. The second-order valence-corrected chi connectivity index (χ2v) is 19.5. The van der Waals surface area contributed by atoms with Crippen LogP contribution in [0.15, 0.2) is 11.6 Å². The molecule has 0 saturated carbocycles. The molecule has 0 fully saturated rings. The maximum atomic E-state index is 12.6. The fraction of sp³-hybridized carbons (Fsp3) is 0.864. The number of hydrogen-bond acceptors (Lipinski definition) is 4. The van der Waals surface area contributed by atoms with E-state index >= 15 is 0 Å². The van der Waals surface area contributed by atoms with Gasteiger partial charge in [0.15, 0.2) is 21.8 Å². The van der Waals surface area contributed by atoms with Gasteiger partial charge in [0, 0.05) is 6.10 Å². The molecule has 0 saturated heterocycles. The van der Waals surface area contributed by atoms with E-state index in [1.54, 1.807) is 0 Å². The molecule has 6 heteroatoms. The van der Waals surface area contributed by atoms with Crippen LogP contribution in [0.2, 0.25) is 37.8 Å². The Kier molecular flexibility index (Phi) is 12.8. The molecular weight excluding hydrogens is 400 g/mol. The van der Waals surface area contributed by atoms with Crippen LogP contribution in [0.3, 0.4) is 0 Å². The second-order valence-electron chi connectivity index (χ2n) is 9.03. The predicted molar refractivity (Wildman–Crippen MR) is 131 cm³/mol. The van der Waals surface area contributed by atoms with Gasteiger partial charge in [-0.05, 0) is 68.9 Å². The molecule has 0 bridgehead atoms. The van der Waals surface area contributed by atoms with Crippen LogP contribution in [0.4, 0.5) is 0 Å². The number of hydrogen-bond donors (Lipinski definition) is 0. The Labute approximate surface area is 181 Å². The molecule has 0 unspecified atom stereocenters. The maximum absolute atomic E-state index is 12.6. The average molecular weight is 447 g/mol. The molecule has 0 N–H and O–H groups in total. The van der Waals surface area contributed by atoms with Gasteiger partial charge < -0.3 is 8.85 Å². The number of carbonyl (C=O) groups excluding carboxylic acids is 1. The van der Waals surface area contributed by atoms with Gasteiger partial charge in [-0.25, -0.2) is 0 Å². The third-order valence-corrected chi connectivity index (χ3v) is 12.3. The summed E-state index contributed by atoms with van der Waals surface area (Å²) in [5.41, 5.74) is 1.17. The Morgan fingerprint density at radius 3 is 1.86 bits per heavy atom. The van der Waals surface area contributed by atoms with E-state index in [0.717, 1.165) is 5.75 Å². The number of rotatable bonds is 13. The van der Waals surface area contributed by atoms with Crippen molar-refractivity contribution in [2.24, 2.45) is 11.8 Å². The van der Waals surface area contributed by atoms with Crippen molar-refractivity contribution in [1.82, 2.24) is 0 Å². The Hall–Kier alpha value is 0.114. The van der Waals surface area contributed by atoms with Crippen LogP contribution in [0, 0.1) is 11.8 Å². The van der Waals surface area contributed by atoms with Gasteiger partial charge in [0.2, 0.25) is 0 Å². The molecule has 0 amide bonds. The molecule has 0 rings (SSSR count). The second kappa shape index (κ2) is 12.7. The summed E-state index contributed by atoms with van der Waals surface area (Å²) in [6.07, 6.45) is 2.33. The smallest absolute Gasteiger partial charge is 0.194 e. The third-order valence-electron chi connectivity index (χ3n) is 5.68. The van der Waals surface area contributed by atoms with Gasteiger partial charge in [-0.15, -0.1) is 0 Å². The van der Waals surface area contributed by atoms with Gasteiger partial charge in [0.05, 0.1) is 12.0 Å². The number of carbonyl (C=O) groups is 1. The van der Waals surface area contributed by atoms with E-state index in [1.165, 1.54) is 35.5 Å². The van der Waals surface area contributed by atoms with E-state index in [2.05, 4.69) is 67.3 Å². The van der Waals surface area contributed by atoms with E-state index in [-0.39, 0.29) is 23.2 Å². The summed E-state index contributed by atoms with van der Waals surface area (Å²) in [6.45, 7) is 24.0. The highest BCUT2D eigenvalue weighted by molar-refractivity contribution is 8.13. The third kappa shape index (κ3) is 9.29. The molecular formula is C22H46O3SSi2. The van der Waals surface area contributed by atoms with Gasteiger partial charge in [0.25, 0.3) is 0 Å². The van der Waals surface area contributed by atoms with Crippen molar-refractivity contribution in [3.63, 3.8) is 0 Å². The first-order valence-electron chi connectivity index (χ1n) is 11.1. The molecule has 28 heavy (non-hydrogen) atoms. The molecule has 0 aliphatic rings. The highest BCUT2D eigenvalue weighted by atomic mass is 32.2. The summed E-state index contributed by atoms with van der Waals surface area (Å²) in [7, 11) is -3.40. The fourth-order valence-corrected chi connectivity index (χ4v) is 8.34. The molecule has 166 valence electrons. The summed E-state index contributed by atoms with van der Waals surface area (Å²) < 4.78 is 13.1. The van der Waals surface area contributed by atoms with E-state index in [0.29, 0.717) is 5.92 Å². The summed E-state index contributed by atoms with van der Waals surface area (Å²) >= 11 is 1.40. The van der Waals surface area contributed by atoms with Crippen molar-refractivity contribution >= 4 is 33.5 Å². The van der Waals surface area contributed by atoms with Crippen LogP contribution in [-0.2, 0) is 13.6 Å². The van der Waals surface area contributed by atoms with Crippen LogP contribution in [-0.4, -0.2) is 39.7 Å². The zero-order valence-electron chi connectivity index (χ0n) is 20.3. The molecule has 0 heterocycles. The van der Waals surface area contributed by atoms with E-state index in [9.17, 15) is 4.79 Å². The SMILES string of the molecule is CCSC(=O)[C@H](C)[C@@H](O[Si](C)(C)C)/C(C)=C/[C@H](C)[C@@H](C)O[Si](CC)(CC)CC. The largest absolute Gasteiger partial charge is 0.414 e. The van der Waals surface area contributed by atoms with Crippen molar-refractivity contribution in [3.8, 4) is 0 Å². The van der Waals surface area contributed by atoms with Crippen molar-refractivity contribution in [2.75, 3.05) is 5.75 Å². The summed E-state index contributed by atoms with van der Waals surface area (Å²) in [6, 6.07) is 3.50. The normalized spacial score (nSPS) is 17.9. The Bertz CT molecular complexity index is 490. The highest BCUT2D eigenvalue weighted by Crippen LogP contribution is 2.29. The molecule has 0 spiro atoms. The lowest BCUT2D eigenvalue weighted by molar-refractivity contribution is -0.115. The minimum absolute atomic E-state index is 0.133. The maximum Gasteiger partial charge on any atom is 0.194 e. The van der Waals surface area contributed by atoms with Gasteiger partial charge in [-0.2, -0.15) is 0 Å². The average Bonchev–Trinajstić information content (AvgIpc) is 2.62. The minimum atomic E-state index is -1.78. The summed E-state index contributed by atoms with van der Waals surface area (Å²) in [5.74, 6) is 0.974. The van der Waals surface area contributed by atoms with Crippen molar-refractivity contribution in [2.45, 2.75) is 105 Å². The van der Waals surface area contributed by atoms with Crippen LogP contribution < -0.4 is 0 Å². The standard InChI is InChI=1S/C22H46O3SSi2/c1-12-26-22(23)19(7)21(25-27(9,10)11)18(6)16-17(5)20(8)24-28(13-2,14-3)15-4/h16-17,19-21H,12-15H2,1-11H3/b18-16+/t17-,19+,20+,21-/m0/s1. The van der Waals surface area contributed by atoms with E-state index in [1.807, 2.05) is 13.8 Å². The molecule has 0 aliphatic heterocycles. The Morgan fingerprint density at radius 1 is 0.964 bits per heavy atom. The van der Waals surface area contributed by atoms with Gasteiger partial charge in [0.1, 0.15) is 0 Å². The number of thioether (sulfide) groups is 1. The van der Waals surface area contributed by atoms with Crippen LogP contribution in [0.25, 0.3) is 0 Å². The highest BCUT2D eigenvalue weighted by Gasteiger charge is 2.33. The zero-order chi connectivity index (χ0) is 22.1. The lowest BCUT2D eigenvalue weighted by atomic mass is 9.95. The van der Waals surface area contributed by atoms with Crippen LogP contribution in [0.5, 0.6) is 0 Å². The quantitative estimate of drug-likeness (QED) is 0.223. The topological polar surface area (TPSA) is 35.5 Å². The Balaban J connectivity index is 5.50. The lowest BCUT2D eigenvalue weighted by Gasteiger charge is -2.35. The molecule has 0 radical (unpaired) electrons. The van der Waals surface area contributed by atoms with Crippen molar-refractivity contribution in [1.29, 1.82) is 0 Å². The molecule has 0 aliphatic carbocycles. The summed E-state index contributed by atoms with van der Waals surface area (Å²) in [4.78, 5) is 12.6. The molecule has 4 atom stereocenters. The van der Waals surface area contributed by atoms with Gasteiger partial charge in [-0.1, -0.05) is 59.4 Å². The first-order valence-corrected chi connectivity index (χ1v) is 18.0. The van der Waals surface area contributed by atoms with Gasteiger partial charge in [-0.3, -0.25) is 4.79 Å². The predicted octanol–water partition coefficient (Wildman–Crippen LogP) is 7.12. The fourth-order valence-electron chi connectivity index (χ4n) is 3.51. The minimum Gasteiger partial charge on any atom is -0.414 e. The van der Waals surface area contributed by atoms with Crippen LogP contribution in [0.1, 0.15) is 55.4 Å². The molecule has 0 aromatic heterocycles. The molecule has 0 aromatic carbocycles.